The van der Waals surface area contributed by atoms with Gasteiger partial charge in [0, 0.05) is 23.5 Å². The summed E-state index contributed by atoms with van der Waals surface area (Å²) in [7, 11) is 0. The molecular weight excluding hydrogens is 210 g/mol. The maximum atomic E-state index is 12.4. The van der Waals surface area contributed by atoms with Crippen molar-refractivity contribution >= 4 is 5.78 Å². The summed E-state index contributed by atoms with van der Waals surface area (Å²) in [6.45, 7) is 3.99. The van der Waals surface area contributed by atoms with E-state index in [4.69, 9.17) is 0 Å². The van der Waals surface area contributed by atoms with Gasteiger partial charge in [0.25, 0.3) is 0 Å². The average Bonchev–Trinajstić information content (AvgIpc) is 2.38. The molecule has 0 atom stereocenters. The fourth-order valence-electron chi connectivity index (χ4n) is 1.90. The first-order chi connectivity index (χ1) is 8.24. The van der Waals surface area contributed by atoms with E-state index in [2.05, 4.69) is 4.98 Å². The molecule has 0 aliphatic heterocycles. The van der Waals surface area contributed by atoms with E-state index in [-0.39, 0.29) is 5.78 Å². The summed E-state index contributed by atoms with van der Waals surface area (Å²) in [4.78, 5) is 16.5. The van der Waals surface area contributed by atoms with E-state index in [0.717, 1.165) is 28.7 Å². The van der Waals surface area contributed by atoms with Gasteiger partial charge >= 0.3 is 0 Å². The lowest BCUT2D eigenvalue weighted by molar-refractivity contribution is 0.103. The molecule has 0 amide bonds. The highest BCUT2D eigenvalue weighted by atomic mass is 16.1. The van der Waals surface area contributed by atoms with Crippen molar-refractivity contribution in [3.63, 3.8) is 0 Å². The van der Waals surface area contributed by atoms with Crippen LogP contribution in [0.4, 0.5) is 0 Å². The summed E-state index contributed by atoms with van der Waals surface area (Å²) in [5, 5.41) is 0. The Kier molecular flexibility index (Phi) is 3.33. The Hall–Kier alpha value is -1.96. The third-order valence-corrected chi connectivity index (χ3v) is 2.92. The minimum atomic E-state index is 0.0855. The van der Waals surface area contributed by atoms with Gasteiger partial charge in [0.15, 0.2) is 5.78 Å². The van der Waals surface area contributed by atoms with Gasteiger partial charge in [-0.25, -0.2) is 0 Å². The van der Waals surface area contributed by atoms with Crippen molar-refractivity contribution in [1.29, 1.82) is 0 Å². The average molecular weight is 225 g/mol. The molecule has 0 radical (unpaired) electrons. The van der Waals surface area contributed by atoms with Crippen LogP contribution in [0.1, 0.15) is 34.0 Å². The van der Waals surface area contributed by atoms with Crippen LogP contribution in [-0.4, -0.2) is 10.8 Å². The molecule has 0 spiro atoms. The summed E-state index contributed by atoms with van der Waals surface area (Å²) < 4.78 is 0. The van der Waals surface area contributed by atoms with Crippen LogP contribution in [0.2, 0.25) is 0 Å². The number of ketones is 1. The topological polar surface area (TPSA) is 30.0 Å². The van der Waals surface area contributed by atoms with Crippen molar-refractivity contribution in [1.82, 2.24) is 4.98 Å². The third kappa shape index (κ3) is 2.26. The first-order valence-electron chi connectivity index (χ1n) is 5.77. The van der Waals surface area contributed by atoms with E-state index in [1.54, 1.807) is 18.5 Å². The number of aromatic nitrogens is 1. The lowest BCUT2D eigenvalue weighted by Gasteiger charge is -2.08. The monoisotopic (exact) mass is 225 g/mol. The molecule has 86 valence electrons. The number of nitrogens with zero attached hydrogens (tertiary/aromatic N) is 1. The number of carbonyl (C=O) groups excluding carboxylic acids is 1. The fraction of sp³-hybridized carbons (Fsp3) is 0.200. The van der Waals surface area contributed by atoms with Gasteiger partial charge < -0.3 is 0 Å². The smallest absolute Gasteiger partial charge is 0.193 e. The second-order valence-electron chi connectivity index (χ2n) is 4.03. The van der Waals surface area contributed by atoms with Gasteiger partial charge in [-0.3, -0.25) is 9.78 Å². The maximum absolute atomic E-state index is 12.4. The predicted molar refractivity (Wildman–Crippen MR) is 68.2 cm³/mol. The van der Waals surface area contributed by atoms with Gasteiger partial charge in [0.05, 0.1) is 0 Å². The highest BCUT2D eigenvalue weighted by Gasteiger charge is 2.13. The van der Waals surface area contributed by atoms with Gasteiger partial charge in [-0.1, -0.05) is 31.2 Å². The fourth-order valence-corrected chi connectivity index (χ4v) is 1.90. The second kappa shape index (κ2) is 4.91. The number of hydrogen-bond donors (Lipinski definition) is 0. The zero-order valence-corrected chi connectivity index (χ0v) is 10.1. The summed E-state index contributed by atoms with van der Waals surface area (Å²) >= 11 is 0. The standard InChI is InChI=1S/C15H15NO/c1-3-12-10-16-9-8-14(12)15(17)13-7-5-4-6-11(13)2/h4-10H,3H2,1-2H3. The van der Waals surface area contributed by atoms with Gasteiger partial charge in [0.1, 0.15) is 0 Å². The number of rotatable bonds is 3. The first-order valence-corrected chi connectivity index (χ1v) is 5.77. The molecule has 2 nitrogen and oxygen atoms in total. The number of aryl methyl sites for hydroxylation is 2. The minimum Gasteiger partial charge on any atom is -0.289 e. The van der Waals surface area contributed by atoms with Gasteiger partial charge in [0.2, 0.25) is 0 Å². The summed E-state index contributed by atoms with van der Waals surface area (Å²) in [6.07, 6.45) is 4.26. The molecule has 0 saturated heterocycles. The Labute approximate surface area is 101 Å². The van der Waals surface area contributed by atoms with Crippen LogP contribution in [-0.2, 0) is 6.42 Å². The number of pyridine rings is 1. The summed E-state index contributed by atoms with van der Waals surface area (Å²) in [5.74, 6) is 0.0855. The minimum absolute atomic E-state index is 0.0855. The zero-order chi connectivity index (χ0) is 12.3. The van der Waals surface area contributed by atoms with Crippen LogP contribution in [0, 0.1) is 6.92 Å². The van der Waals surface area contributed by atoms with E-state index in [1.165, 1.54) is 0 Å². The Morgan fingerprint density at radius 1 is 1.18 bits per heavy atom. The second-order valence-corrected chi connectivity index (χ2v) is 4.03. The first kappa shape index (κ1) is 11.5. The predicted octanol–water partition coefficient (Wildman–Crippen LogP) is 3.18. The van der Waals surface area contributed by atoms with E-state index < -0.39 is 0 Å². The van der Waals surface area contributed by atoms with Crippen molar-refractivity contribution in [2.45, 2.75) is 20.3 Å². The molecule has 1 aromatic carbocycles. The summed E-state index contributed by atoms with van der Waals surface area (Å²) in [6, 6.07) is 9.47. The van der Waals surface area contributed by atoms with Crippen molar-refractivity contribution in [2.75, 3.05) is 0 Å². The highest BCUT2D eigenvalue weighted by Crippen LogP contribution is 2.16. The molecular formula is C15H15NO. The Morgan fingerprint density at radius 3 is 2.65 bits per heavy atom. The molecule has 0 saturated carbocycles. The van der Waals surface area contributed by atoms with Gasteiger partial charge in [-0.05, 0) is 30.5 Å². The molecule has 0 aliphatic carbocycles. The van der Waals surface area contributed by atoms with E-state index >= 15 is 0 Å². The molecule has 17 heavy (non-hydrogen) atoms. The SMILES string of the molecule is CCc1cnccc1C(=O)c1ccccc1C. The van der Waals surface area contributed by atoms with E-state index in [1.807, 2.05) is 38.1 Å². The Morgan fingerprint density at radius 2 is 1.94 bits per heavy atom. The van der Waals surface area contributed by atoms with Crippen LogP contribution < -0.4 is 0 Å². The van der Waals surface area contributed by atoms with Crippen LogP contribution in [0.15, 0.2) is 42.7 Å². The normalized spacial score (nSPS) is 10.2. The van der Waals surface area contributed by atoms with Gasteiger partial charge in [-0.15, -0.1) is 0 Å². The molecule has 0 aliphatic rings. The molecule has 0 N–H and O–H groups in total. The van der Waals surface area contributed by atoms with Crippen molar-refractivity contribution < 1.29 is 4.79 Å². The van der Waals surface area contributed by atoms with Gasteiger partial charge in [-0.2, -0.15) is 0 Å². The highest BCUT2D eigenvalue weighted by molar-refractivity contribution is 6.10. The molecule has 0 unspecified atom stereocenters. The quantitative estimate of drug-likeness (QED) is 0.751. The molecule has 2 aromatic rings. The van der Waals surface area contributed by atoms with Crippen LogP contribution in [0.3, 0.4) is 0 Å². The molecule has 0 fully saturated rings. The molecule has 2 rings (SSSR count). The van der Waals surface area contributed by atoms with Crippen molar-refractivity contribution in [2.24, 2.45) is 0 Å². The molecule has 1 heterocycles. The van der Waals surface area contributed by atoms with E-state index in [9.17, 15) is 4.79 Å². The van der Waals surface area contributed by atoms with Crippen molar-refractivity contribution in [3.05, 3.63) is 65.0 Å². The number of benzene rings is 1. The Bertz CT molecular complexity index is 546. The largest absolute Gasteiger partial charge is 0.289 e. The van der Waals surface area contributed by atoms with Crippen LogP contribution >= 0.6 is 0 Å². The van der Waals surface area contributed by atoms with Crippen molar-refractivity contribution in [3.8, 4) is 0 Å². The van der Waals surface area contributed by atoms with E-state index in [0.29, 0.717) is 0 Å². The lowest BCUT2D eigenvalue weighted by Crippen LogP contribution is -2.07. The zero-order valence-electron chi connectivity index (χ0n) is 10.1. The Balaban J connectivity index is 2.48. The maximum Gasteiger partial charge on any atom is 0.193 e. The lowest BCUT2D eigenvalue weighted by atomic mass is 9.96. The number of carbonyl (C=O) groups is 1. The summed E-state index contributed by atoms with van der Waals surface area (Å²) in [5.41, 5.74) is 3.54. The van der Waals surface area contributed by atoms with Crippen LogP contribution in [0.5, 0.6) is 0 Å². The molecule has 1 aromatic heterocycles. The third-order valence-electron chi connectivity index (χ3n) is 2.92. The molecule has 0 bridgehead atoms. The number of hydrogen-bond acceptors (Lipinski definition) is 2. The van der Waals surface area contributed by atoms with Crippen LogP contribution in [0.25, 0.3) is 0 Å². The molecule has 2 heteroatoms.